The van der Waals surface area contributed by atoms with Gasteiger partial charge in [0.15, 0.2) is 0 Å². The zero-order valence-electron chi connectivity index (χ0n) is 20.2. The van der Waals surface area contributed by atoms with Crippen LogP contribution in [0, 0.1) is 0 Å². The van der Waals surface area contributed by atoms with Crippen molar-refractivity contribution in [2.75, 3.05) is 0 Å². The molecule has 0 saturated heterocycles. The highest BCUT2D eigenvalue weighted by Gasteiger charge is 2.14. The second-order valence-corrected chi connectivity index (χ2v) is 8.86. The van der Waals surface area contributed by atoms with Gasteiger partial charge in [0.1, 0.15) is 11.2 Å². The van der Waals surface area contributed by atoms with E-state index in [0.717, 1.165) is 49.9 Å². The van der Waals surface area contributed by atoms with Crippen molar-refractivity contribution >= 4 is 21.9 Å². The number of pyridine rings is 1. The summed E-state index contributed by atoms with van der Waals surface area (Å²) in [6.45, 7) is 3.78. The molecule has 0 saturated carbocycles. The van der Waals surface area contributed by atoms with Gasteiger partial charge in [0.05, 0.1) is 5.69 Å². The number of fused-ring (bicyclic) bond motifs is 3. The molecule has 0 radical (unpaired) electrons. The van der Waals surface area contributed by atoms with Crippen molar-refractivity contribution in [3.8, 4) is 33.5 Å². The van der Waals surface area contributed by atoms with Gasteiger partial charge in [-0.15, -0.1) is 0 Å². The van der Waals surface area contributed by atoms with E-state index < -0.39 is 5.89 Å². The minimum absolute atomic E-state index is 0.674. The van der Waals surface area contributed by atoms with Crippen LogP contribution >= 0.6 is 0 Å². The monoisotopic (exact) mass is 440 g/mol. The maximum absolute atomic E-state index is 8.36. The number of hydrogen-bond acceptors (Lipinski definition) is 2. The Morgan fingerprint density at radius 3 is 2.21 bits per heavy atom. The van der Waals surface area contributed by atoms with E-state index in [9.17, 15) is 0 Å². The zero-order chi connectivity index (χ0) is 24.0. The van der Waals surface area contributed by atoms with E-state index in [0.29, 0.717) is 0 Å². The summed E-state index contributed by atoms with van der Waals surface area (Å²) in [5.74, 6) is -0.674. The van der Waals surface area contributed by atoms with Crippen molar-refractivity contribution in [1.82, 2.24) is 4.98 Å². The molecule has 0 spiro atoms. The summed E-state index contributed by atoms with van der Waals surface area (Å²) in [6.07, 6.45) is 1.78. The van der Waals surface area contributed by atoms with Gasteiger partial charge in [-0.3, -0.25) is 4.98 Å². The van der Waals surface area contributed by atoms with Crippen LogP contribution in [0.3, 0.4) is 0 Å². The largest absolute Gasteiger partial charge is 0.456 e. The van der Waals surface area contributed by atoms with Crippen LogP contribution in [-0.2, 0) is 0 Å². The van der Waals surface area contributed by atoms with E-state index in [-0.39, 0.29) is 0 Å². The van der Waals surface area contributed by atoms with Crippen molar-refractivity contribution in [2.24, 2.45) is 0 Å². The molecular weight excluding hydrogens is 414 g/mol. The van der Waals surface area contributed by atoms with Crippen LogP contribution in [0.4, 0.5) is 0 Å². The smallest absolute Gasteiger partial charge is 0.136 e. The average molecular weight is 441 g/mol. The van der Waals surface area contributed by atoms with Crippen molar-refractivity contribution in [3.63, 3.8) is 0 Å². The first-order valence-corrected chi connectivity index (χ1v) is 11.6. The normalized spacial score (nSPS) is 12.2. The molecule has 0 fully saturated rings. The molecule has 164 valence electrons. The summed E-state index contributed by atoms with van der Waals surface area (Å²) in [5.41, 5.74) is 9.21. The summed E-state index contributed by atoms with van der Waals surface area (Å²) in [7, 11) is 0. The Morgan fingerprint density at radius 1 is 0.676 bits per heavy atom. The van der Waals surface area contributed by atoms with Crippen molar-refractivity contribution in [1.29, 1.82) is 0 Å². The number of aromatic nitrogens is 1. The number of furan rings is 1. The number of rotatable bonds is 4. The van der Waals surface area contributed by atoms with Gasteiger partial charge in [-0.05, 0) is 64.0 Å². The zero-order valence-corrected chi connectivity index (χ0v) is 19.2. The van der Waals surface area contributed by atoms with Gasteiger partial charge in [0.25, 0.3) is 0 Å². The highest BCUT2D eigenvalue weighted by Crippen LogP contribution is 2.38. The maximum atomic E-state index is 8.36. The summed E-state index contributed by atoms with van der Waals surface area (Å²) >= 11 is 0. The summed E-state index contributed by atoms with van der Waals surface area (Å²) < 4.78 is 14.7. The van der Waals surface area contributed by atoms with Gasteiger partial charge in [-0.1, -0.05) is 86.6 Å². The van der Waals surface area contributed by atoms with E-state index in [1.165, 1.54) is 11.1 Å². The molecular formula is C32H25NO. The lowest BCUT2D eigenvalue weighted by molar-refractivity contribution is 0.669. The van der Waals surface area contributed by atoms with Gasteiger partial charge in [0.2, 0.25) is 0 Å². The van der Waals surface area contributed by atoms with Crippen LogP contribution in [0.25, 0.3) is 55.4 Å². The SMILES string of the molecule is [2H]C(C)(C)c1ccnc(-c2ccc3c(c2)oc2cccc(-c4ccc(-c5ccccc5)cc4)c23)c1. The topological polar surface area (TPSA) is 26.0 Å². The lowest BCUT2D eigenvalue weighted by atomic mass is 9.96. The van der Waals surface area contributed by atoms with Gasteiger partial charge < -0.3 is 4.42 Å². The van der Waals surface area contributed by atoms with Crippen molar-refractivity contribution in [3.05, 3.63) is 115 Å². The van der Waals surface area contributed by atoms with E-state index in [2.05, 4.69) is 77.8 Å². The number of nitrogens with zero attached hydrogens (tertiary/aromatic N) is 1. The average Bonchev–Trinajstić information content (AvgIpc) is 3.27. The molecule has 0 aliphatic carbocycles. The first kappa shape index (κ1) is 19.3. The van der Waals surface area contributed by atoms with Crippen LogP contribution in [0.15, 0.2) is 114 Å². The molecule has 4 aromatic carbocycles. The quantitative estimate of drug-likeness (QED) is 0.273. The van der Waals surface area contributed by atoms with Gasteiger partial charge >= 0.3 is 0 Å². The van der Waals surface area contributed by atoms with Crippen LogP contribution in [0.2, 0.25) is 0 Å². The van der Waals surface area contributed by atoms with E-state index in [1.54, 1.807) is 6.20 Å². The summed E-state index contributed by atoms with van der Waals surface area (Å²) in [4.78, 5) is 4.56. The van der Waals surface area contributed by atoms with Crippen molar-refractivity contribution < 1.29 is 5.79 Å². The lowest BCUT2D eigenvalue weighted by Gasteiger charge is -2.08. The highest BCUT2D eigenvalue weighted by atomic mass is 16.3. The highest BCUT2D eigenvalue weighted by molar-refractivity contribution is 6.13. The van der Waals surface area contributed by atoms with Crippen LogP contribution in [0.1, 0.15) is 26.7 Å². The molecule has 0 bridgehead atoms. The standard InChI is InChI=1S/C32H25NO/c1-21(2)25-17-18-33-29(19-25)26-15-16-28-31(20-26)34-30-10-6-9-27(32(28)30)24-13-11-23(12-14-24)22-7-4-3-5-8-22/h3-21H,1-2H3/i21D. The number of hydrogen-bond donors (Lipinski definition) is 0. The molecule has 6 aromatic rings. The molecule has 2 heterocycles. The Labute approximate surface area is 200 Å². The Hall–Kier alpha value is -4.17. The minimum atomic E-state index is -0.674. The van der Waals surface area contributed by atoms with Gasteiger partial charge in [-0.25, -0.2) is 0 Å². The molecule has 0 N–H and O–H groups in total. The molecule has 2 nitrogen and oxygen atoms in total. The van der Waals surface area contributed by atoms with Crippen molar-refractivity contribution in [2.45, 2.75) is 19.7 Å². The predicted octanol–water partition coefficient (Wildman–Crippen LogP) is 9.11. The third-order valence-electron chi connectivity index (χ3n) is 6.43. The molecule has 0 aliphatic rings. The molecule has 2 aromatic heterocycles. The minimum Gasteiger partial charge on any atom is -0.456 e. The predicted molar refractivity (Wildman–Crippen MR) is 142 cm³/mol. The van der Waals surface area contributed by atoms with Gasteiger partial charge in [0, 0.05) is 23.9 Å². The fraction of sp³-hybridized carbons (Fsp3) is 0.0938. The lowest BCUT2D eigenvalue weighted by Crippen LogP contribution is -1.90. The van der Waals surface area contributed by atoms with Crippen LogP contribution < -0.4 is 0 Å². The Morgan fingerprint density at radius 2 is 1.41 bits per heavy atom. The molecule has 2 heteroatoms. The summed E-state index contributed by atoms with van der Waals surface area (Å²) in [5, 5.41) is 2.21. The third-order valence-corrected chi connectivity index (χ3v) is 6.43. The Bertz CT molecular complexity index is 1660. The van der Waals surface area contributed by atoms with E-state index in [1.807, 2.05) is 44.2 Å². The summed E-state index contributed by atoms with van der Waals surface area (Å²) in [6, 6.07) is 35.6. The molecule has 0 aliphatic heterocycles. The third kappa shape index (κ3) is 3.58. The first-order valence-electron chi connectivity index (χ1n) is 12.1. The fourth-order valence-electron chi connectivity index (χ4n) is 4.60. The molecule has 0 unspecified atom stereocenters. The van der Waals surface area contributed by atoms with Gasteiger partial charge in [-0.2, -0.15) is 0 Å². The molecule has 0 amide bonds. The van der Waals surface area contributed by atoms with E-state index >= 15 is 0 Å². The molecule has 6 rings (SSSR count). The second-order valence-electron chi connectivity index (χ2n) is 8.86. The Kier molecular flexibility index (Phi) is 4.72. The molecule has 34 heavy (non-hydrogen) atoms. The Balaban J connectivity index is 1.44. The van der Waals surface area contributed by atoms with Crippen LogP contribution in [0.5, 0.6) is 0 Å². The first-order chi connectivity index (χ1) is 17.0. The van der Waals surface area contributed by atoms with E-state index in [4.69, 9.17) is 5.79 Å². The molecule has 0 atom stereocenters. The maximum Gasteiger partial charge on any atom is 0.136 e. The van der Waals surface area contributed by atoms with Crippen LogP contribution in [-0.4, -0.2) is 4.98 Å². The number of benzene rings is 4. The fourth-order valence-corrected chi connectivity index (χ4v) is 4.60. The second kappa shape index (κ2) is 8.31.